The van der Waals surface area contributed by atoms with Crippen molar-refractivity contribution < 1.29 is 23.6 Å². The summed E-state index contributed by atoms with van der Waals surface area (Å²) >= 11 is 0. The molecule has 0 aliphatic heterocycles. The molecule has 1 nitrogen and oxygen atoms in total. The lowest BCUT2D eigenvalue weighted by Crippen LogP contribution is -2.11. The lowest BCUT2D eigenvalue weighted by molar-refractivity contribution is 0.152. The van der Waals surface area contributed by atoms with Crippen LogP contribution in [0.2, 0.25) is 0 Å². The van der Waals surface area contributed by atoms with Crippen LogP contribution in [0.1, 0.15) is 26.2 Å². The van der Waals surface area contributed by atoms with Gasteiger partial charge in [0.15, 0.2) is 0 Å². The molecular weight excluding hydrogens is 203 g/mol. The Labute approximate surface area is 67.8 Å². The van der Waals surface area contributed by atoms with E-state index in [4.69, 9.17) is 0 Å². The van der Waals surface area contributed by atoms with E-state index in [1.165, 1.54) is 0 Å². The minimum atomic E-state index is -9.59. The van der Waals surface area contributed by atoms with Gasteiger partial charge in [0.1, 0.15) is 0 Å². The van der Waals surface area contributed by atoms with Crippen LogP contribution < -0.4 is 0 Å². The highest BCUT2D eigenvalue weighted by molar-refractivity contribution is 8.42. The van der Waals surface area contributed by atoms with E-state index in [2.05, 4.69) is 4.18 Å². The molecule has 0 aromatic carbocycles. The van der Waals surface area contributed by atoms with Gasteiger partial charge < -0.3 is 0 Å². The first kappa shape index (κ1) is 12.0. The zero-order valence-corrected chi connectivity index (χ0v) is 7.35. The van der Waals surface area contributed by atoms with Crippen molar-refractivity contribution >= 4 is 10.5 Å². The zero-order chi connectivity index (χ0) is 9.94. The van der Waals surface area contributed by atoms with Crippen molar-refractivity contribution in [1.29, 1.82) is 0 Å². The fraction of sp³-hybridized carbons (Fsp3) is 1.00. The Kier molecular flexibility index (Phi) is 2.72. The highest BCUT2D eigenvalue weighted by atomic mass is 32.5. The Morgan fingerprint density at radius 1 is 1.00 bits per heavy atom. The summed E-state index contributed by atoms with van der Waals surface area (Å²) in [5.74, 6) is 0. The molecule has 0 N–H and O–H groups in total. The molecule has 0 aromatic heterocycles. The van der Waals surface area contributed by atoms with Crippen molar-refractivity contribution in [3.8, 4) is 0 Å². The van der Waals surface area contributed by atoms with Gasteiger partial charge in [-0.05, 0) is 6.42 Å². The molecule has 7 heteroatoms. The molecule has 78 valence electrons. The summed E-state index contributed by atoms with van der Waals surface area (Å²) in [5, 5.41) is 0. The Balaban J connectivity index is 3.79. The normalized spacial score (nSPS) is 18.5. The summed E-state index contributed by atoms with van der Waals surface area (Å²) < 4.78 is 59.8. The van der Waals surface area contributed by atoms with Crippen LogP contribution in [0.3, 0.4) is 0 Å². The number of halogens is 5. The predicted octanol–water partition coefficient (Wildman–Crippen LogP) is 4.41. The summed E-state index contributed by atoms with van der Waals surface area (Å²) in [6.45, 7) is 0.797. The van der Waals surface area contributed by atoms with Crippen LogP contribution >= 0.6 is 10.5 Å². The molecule has 12 heavy (non-hydrogen) atoms. The standard InChI is InChI=1S/C5H11F5OS/c1-2-3-4-5-11-12(6,7,8,9)10/h2-5H2,1H3. The van der Waals surface area contributed by atoms with Gasteiger partial charge in [-0.1, -0.05) is 39.2 Å². The Morgan fingerprint density at radius 3 is 1.83 bits per heavy atom. The highest BCUT2D eigenvalue weighted by Gasteiger charge is 2.65. The van der Waals surface area contributed by atoms with E-state index in [0.29, 0.717) is 12.8 Å². The fourth-order valence-corrected chi connectivity index (χ4v) is 1.00. The summed E-state index contributed by atoms with van der Waals surface area (Å²) in [4.78, 5) is 0. The van der Waals surface area contributed by atoms with E-state index in [0.717, 1.165) is 0 Å². The van der Waals surface area contributed by atoms with Gasteiger partial charge in [0.25, 0.3) is 0 Å². The molecule has 0 bridgehead atoms. The van der Waals surface area contributed by atoms with Crippen LogP contribution in [0.4, 0.5) is 19.4 Å². The van der Waals surface area contributed by atoms with Gasteiger partial charge >= 0.3 is 10.5 Å². The third-order valence-corrected chi connectivity index (χ3v) is 1.67. The molecule has 0 rings (SSSR count). The third kappa shape index (κ3) is 9.96. The molecule has 0 spiro atoms. The van der Waals surface area contributed by atoms with Gasteiger partial charge in [0, 0.05) is 0 Å². The molecule has 0 aromatic rings. The molecule has 0 aliphatic carbocycles. The fourth-order valence-electron chi connectivity index (χ4n) is 0.568. The average molecular weight is 214 g/mol. The first-order valence-corrected chi connectivity index (χ1v) is 5.31. The van der Waals surface area contributed by atoms with Crippen LogP contribution in [-0.2, 0) is 4.18 Å². The molecule has 0 amide bonds. The smallest absolute Gasteiger partial charge is 0.240 e. The maximum Gasteiger partial charge on any atom is 0.397 e. The van der Waals surface area contributed by atoms with E-state index in [1.54, 1.807) is 6.92 Å². The first-order chi connectivity index (χ1) is 5.04. The number of hydrogen-bond acceptors (Lipinski definition) is 1. The van der Waals surface area contributed by atoms with Gasteiger partial charge in [0.05, 0.1) is 6.61 Å². The minimum Gasteiger partial charge on any atom is -0.240 e. The van der Waals surface area contributed by atoms with Gasteiger partial charge in [-0.15, -0.1) is 0 Å². The van der Waals surface area contributed by atoms with Crippen LogP contribution in [0.15, 0.2) is 0 Å². The Bertz CT molecular complexity index is 148. The van der Waals surface area contributed by atoms with Crippen LogP contribution in [0, 0.1) is 0 Å². The largest absolute Gasteiger partial charge is 0.397 e. The first-order valence-electron chi connectivity index (χ1n) is 3.43. The van der Waals surface area contributed by atoms with E-state index in [-0.39, 0.29) is 6.42 Å². The number of rotatable bonds is 5. The Hall–Kier alpha value is -0.0400. The molecule has 0 fully saturated rings. The monoisotopic (exact) mass is 214 g/mol. The van der Waals surface area contributed by atoms with Crippen LogP contribution in [0.5, 0.6) is 0 Å². The summed E-state index contributed by atoms with van der Waals surface area (Å²) in [7, 11) is -9.59. The molecule has 0 radical (unpaired) electrons. The van der Waals surface area contributed by atoms with Crippen molar-refractivity contribution in [2.24, 2.45) is 0 Å². The molecule has 0 atom stereocenters. The van der Waals surface area contributed by atoms with Crippen molar-refractivity contribution in [3.05, 3.63) is 0 Å². The summed E-state index contributed by atoms with van der Waals surface area (Å²) in [6.07, 6.45) is 1.11. The highest BCUT2D eigenvalue weighted by Crippen LogP contribution is 2.98. The SMILES string of the molecule is CCCCCOS(F)(F)(F)(F)F. The van der Waals surface area contributed by atoms with E-state index >= 15 is 0 Å². The number of hydrogen-bond donors (Lipinski definition) is 0. The molecule has 0 unspecified atom stereocenters. The topological polar surface area (TPSA) is 9.23 Å². The van der Waals surface area contributed by atoms with Gasteiger partial charge in [0.2, 0.25) is 0 Å². The van der Waals surface area contributed by atoms with Crippen molar-refractivity contribution in [2.45, 2.75) is 26.2 Å². The molecule has 0 saturated heterocycles. The van der Waals surface area contributed by atoms with Crippen molar-refractivity contribution in [2.75, 3.05) is 6.61 Å². The van der Waals surface area contributed by atoms with E-state index in [1.807, 2.05) is 0 Å². The average Bonchev–Trinajstić information content (AvgIpc) is 1.75. The molecule has 0 aliphatic rings. The van der Waals surface area contributed by atoms with Crippen LogP contribution in [-0.4, -0.2) is 6.61 Å². The van der Waals surface area contributed by atoms with Crippen LogP contribution in [0.25, 0.3) is 0 Å². The van der Waals surface area contributed by atoms with Gasteiger partial charge in [-0.3, -0.25) is 0 Å². The second-order valence-corrected chi connectivity index (χ2v) is 4.46. The quantitative estimate of drug-likeness (QED) is 0.486. The van der Waals surface area contributed by atoms with Gasteiger partial charge in [-0.25, -0.2) is 4.18 Å². The Morgan fingerprint density at radius 2 is 1.50 bits per heavy atom. The maximum absolute atomic E-state index is 11.4. The second kappa shape index (κ2) is 2.73. The van der Waals surface area contributed by atoms with E-state index in [9.17, 15) is 19.4 Å². The molecular formula is C5H11F5OS. The number of unbranched alkanes of at least 4 members (excludes halogenated alkanes) is 2. The third-order valence-electron chi connectivity index (χ3n) is 1.05. The lowest BCUT2D eigenvalue weighted by Gasteiger charge is -2.38. The van der Waals surface area contributed by atoms with E-state index < -0.39 is 17.1 Å². The van der Waals surface area contributed by atoms with Gasteiger partial charge in [-0.2, -0.15) is 0 Å². The predicted molar refractivity (Wildman–Crippen MR) is 38.6 cm³/mol. The minimum absolute atomic E-state index is 0.00208. The lowest BCUT2D eigenvalue weighted by atomic mass is 10.3. The zero-order valence-electron chi connectivity index (χ0n) is 6.53. The summed E-state index contributed by atoms with van der Waals surface area (Å²) in [5.41, 5.74) is 0. The maximum atomic E-state index is 11.4. The summed E-state index contributed by atoms with van der Waals surface area (Å²) in [6, 6.07) is 0. The van der Waals surface area contributed by atoms with Crippen molar-refractivity contribution in [3.63, 3.8) is 0 Å². The second-order valence-electron chi connectivity index (χ2n) is 2.43. The van der Waals surface area contributed by atoms with Crippen molar-refractivity contribution in [1.82, 2.24) is 0 Å². The molecule has 0 saturated carbocycles. The molecule has 0 heterocycles.